The van der Waals surface area contributed by atoms with Crippen molar-refractivity contribution >= 4 is 17.9 Å². The fourth-order valence-corrected chi connectivity index (χ4v) is 0.979. The minimum absolute atomic E-state index is 0.0556. The Hall–Kier alpha value is -1.64. The molecule has 3 nitrogen and oxygen atoms in total. The van der Waals surface area contributed by atoms with Crippen LogP contribution in [0.25, 0.3) is 0 Å². The maximum Gasteiger partial charge on any atom is 0.211 e. The van der Waals surface area contributed by atoms with Gasteiger partial charge in [0.2, 0.25) is 6.41 Å². The van der Waals surface area contributed by atoms with Crippen LogP contribution in [0.4, 0.5) is 5.69 Å². The molecule has 0 aliphatic carbocycles. The van der Waals surface area contributed by atoms with Crippen molar-refractivity contribution in [1.29, 1.82) is 0 Å². The Morgan fingerprint density at radius 2 is 2.08 bits per heavy atom. The van der Waals surface area contributed by atoms with Gasteiger partial charge in [-0.3, -0.25) is 9.59 Å². The number of Topliss-reactive ketones (excluding diaryl/α,β-unsaturated/α-hetero) is 1. The Morgan fingerprint density at radius 1 is 1.42 bits per heavy atom. The maximum absolute atomic E-state index is 11.0. The third kappa shape index (κ3) is 1.69. The number of rotatable bonds is 3. The number of amides is 1. The first-order valence-corrected chi connectivity index (χ1v) is 3.56. The van der Waals surface area contributed by atoms with Gasteiger partial charge in [-0.25, -0.2) is 0 Å². The molecular weight excluding hydrogens is 154 g/mol. The van der Waals surface area contributed by atoms with Crippen LogP contribution in [0.1, 0.15) is 17.3 Å². The molecule has 1 amide bonds. The van der Waals surface area contributed by atoms with Crippen LogP contribution in [0.15, 0.2) is 24.3 Å². The molecule has 3 heteroatoms. The molecule has 0 radical (unpaired) electrons. The fraction of sp³-hybridized carbons (Fsp3) is 0.111. The number of carbonyl (C=O) groups excluding carboxylic acids is 2. The lowest BCUT2D eigenvalue weighted by Crippen LogP contribution is -2.01. The first kappa shape index (κ1) is 8.46. The largest absolute Gasteiger partial charge is 0.328 e. The van der Waals surface area contributed by atoms with Crippen molar-refractivity contribution in [2.45, 2.75) is 6.92 Å². The molecule has 62 valence electrons. The van der Waals surface area contributed by atoms with E-state index in [1.807, 2.05) is 0 Å². The molecule has 1 N–H and O–H groups in total. The number of ketones is 1. The molecule has 0 aliphatic rings. The molecule has 0 atom stereocenters. The summed E-state index contributed by atoms with van der Waals surface area (Å²) < 4.78 is 0. The van der Waals surface area contributed by atoms with Crippen LogP contribution in [-0.4, -0.2) is 12.2 Å². The smallest absolute Gasteiger partial charge is 0.211 e. The quantitative estimate of drug-likeness (QED) is 0.541. The number of carbonyl (C=O) groups is 2. The van der Waals surface area contributed by atoms with Gasteiger partial charge in [-0.15, -0.1) is 0 Å². The van der Waals surface area contributed by atoms with E-state index in [-0.39, 0.29) is 5.78 Å². The Morgan fingerprint density at radius 3 is 2.67 bits per heavy atom. The van der Waals surface area contributed by atoms with E-state index in [0.29, 0.717) is 17.7 Å². The van der Waals surface area contributed by atoms with Crippen molar-refractivity contribution in [3.05, 3.63) is 29.8 Å². The van der Waals surface area contributed by atoms with Gasteiger partial charge < -0.3 is 5.32 Å². The monoisotopic (exact) mass is 163 g/mol. The normalized spacial score (nSPS) is 9.08. The Balaban J connectivity index is 3.07. The molecule has 0 spiro atoms. The Labute approximate surface area is 70.4 Å². The van der Waals surface area contributed by atoms with Gasteiger partial charge in [0.15, 0.2) is 5.78 Å². The van der Waals surface area contributed by atoms with Crippen molar-refractivity contribution in [3.63, 3.8) is 0 Å². The second kappa shape index (κ2) is 3.67. The van der Waals surface area contributed by atoms with Crippen LogP contribution >= 0.6 is 0 Å². The number of hydrogen-bond donors (Lipinski definition) is 1. The Bertz CT molecular complexity index is 307. The van der Waals surface area contributed by atoms with Gasteiger partial charge in [-0.2, -0.15) is 0 Å². The number of benzene rings is 1. The maximum atomic E-state index is 11.0. The number of hydrogen-bond acceptors (Lipinski definition) is 2. The zero-order valence-electron chi connectivity index (χ0n) is 6.70. The molecule has 0 unspecified atom stereocenters. The van der Waals surface area contributed by atoms with Crippen LogP contribution in [0.3, 0.4) is 0 Å². The van der Waals surface area contributed by atoms with Crippen LogP contribution in [0.5, 0.6) is 0 Å². The molecule has 0 aliphatic heterocycles. The third-order valence-corrected chi connectivity index (χ3v) is 1.52. The Kier molecular flexibility index (Phi) is 2.58. The topological polar surface area (TPSA) is 46.2 Å². The molecule has 12 heavy (non-hydrogen) atoms. The zero-order valence-corrected chi connectivity index (χ0v) is 6.70. The predicted molar refractivity (Wildman–Crippen MR) is 46.1 cm³/mol. The lowest BCUT2D eigenvalue weighted by molar-refractivity contribution is -0.105. The second-order valence-corrected chi connectivity index (χ2v) is 2.36. The standard InChI is InChI=1S/C9H9NO2/c1-7(12)8-4-2-3-5-9(8)10-6-11/h2-6H,1H3,(H,10,11). The first-order chi connectivity index (χ1) is 5.75. The molecule has 0 saturated heterocycles. The third-order valence-electron chi connectivity index (χ3n) is 1.52. The fourth-order valence-electron chi connectivity index (χ4n) is 0.979. The minimum Gasteiger partial charge on any atom is -0.328 e. The zero-order chi connectivity index (χ0) is 8.97. The SMILES string of the molecule is CC(=O)c1ccccc1NC=O. The van der Waals surface area contributed by atoms with E-state index >= 15 is 0 Å². The van der Waals surface area contributed by atoms with Crippen LogP contribution in [0.2, 0.25) is 0 Å². The average Bonchev–Trinajstić information content (AvgIpc) is 2.05. The summed E-state index contributed by atoms with van der Waals surface area (Å²) in [6.45, 7) is 1.46. The van der Waals surface area contributed by atoms with Crippen molar-refractivity contribution in [1.82, 2.24) is 0 Å². The summed E-state index contributed by atoms with van der Waals surface area (Å²) in [5.74, 6) is -0.0556. The van der Waals surface area contributed by atoms with E-state index in [4.69, 9.17) is 0 Å². The van der Waals surface area contributed by atoms with E-state index in [1.165, 1.54) is 6.92 Å². The molecule has 1 aromatic carbocycles. The van der Waals surface area contributed by atoms with Crippen molar-refractivity contribution in [2.24, 2.45) is 0 Å². The summed E-state index contributed by atoms with van der Waals surface area (Å²) in [5.41, 5.74) is 1.09. The minimum atomic E-state index is -0.0556. The number of nitrogens with one attached hydrogen (secondary N) is 1. The van der Waals surface area contributed by atoms with E-state index in [1.54, 1.807) is 24.3 Å². The first-order valence-electron chi connectivity index (χ1n) is 3.56. The van der Waals surface area contributed by atoms with Gasteiger partial charge in [-0.1, -0.05) is 12.1 Å². The molecule has 0 heterocycles. The number of para-hydroxylation sites is 1. The van der Waals surface area contributed by atoms with E-state index < -0.39 is 0 Å². The molecule has 0 saturated carbocycles. The summed E-state index contributed by atoms with van der Waals surface area (Å²) in [6, 6.07) is 6.88. The summed E-state index contributed by atoms with van der Waals surface area (Å²) in [5, 5.41) is 2.46. The van der Waals surface area contributed by atoms with E-state index in [9.17, 15) is 9.59 Å². The van der Waals surface area contributed by atoms with Crippen molar-refractivity contribution in [3.8, 4) is 0 Å². The molecule has 0 aromatic heterocycles. The highest BCUT2D eigenvalue weighted by molar-refractivity contribution is 6.01. The van der Waals surface area contributed by atoms with Gasteiger partial charge in [-0.05, 0) is 19.1 Å². The van der Waals surface area contributed by atoms with Gasteiger partial charge in [0.25, 0.3) is 0 Å². The predicted octanol–water partition coefficient (Wildman–Crippen LogP) is 1.46. The summed E-state index contributed by atoms with van der Waals surface area (Å²) in [7, 11) is 0. The molecule has 0 fully saturated rings. The van der Waals surface area contributed by atoms with Crippen LogP contribution in [-0.2, 0) is 4.79 Å². The van der Waals surface area contributed by atoms with Crippen LogP contribution < -0.4 is 5.32 Å². The van der Waals surface area contributed by atoms with Gasteiger partial charge >= 0.3 is 0 Å². The van der Waals surface area contributed by atoms with Gasteiger partial charge in [0.1, 0.15) is 0 Å². The van der Waals surface area contributed by atoms with Crippen molar-refractivity contribution < 1.29 is 9.59 Å². The highest BCUT2D eigenvalue weighted by Gasteiger charge is 2.03. The van der Waals surface area contributed by atoms with E-state index in [0.717, 1.165) is 0 Å². The molecular formula is C9H9NO2. The molecule has 1 aromatic rings. The second-order valence-electron chi connectivity index (χ2n) is 2.36. The summed E-state index contributed by atoms with van der Waals surface area (Å²) in [4.78, 5) is 21.1. The van der Waals surface area contributed by atoms with Gasteiger partial charge in [0.05, 0.1) is 5.69 Å². The van der Waals surface area contributed by atoms with E-state index in [2.05, 4.69) is 5.32 Å². The molecule has 0 bridgehead atoms. The average molecular weight is 163 g/mol. The number of anilines is 1. The lowest BCUT2D eigenvalue weighted by atomic mass is 10.1. The highest BCUT2D eigenvalue weighted by Crippen LogP contribution is 2.13. The summed E-state index contributed by atoms with van der Waals surface area (Å²) in [6.07, 6.45) is 0.557. The lowest BCUT2D eigenvalue weighted by Gasteiger charge is -2.02. The van der Waals surface area contributed by atoms with Crippen LogP contribution in [0, 0.1) is 0 Å². The highest BCUT2D eigenvalue weighted by atomic mass is 16.1. The summed E-state index contributed by atoms with van der Waals surface area (Å²) >= 11 is 0. The van der Waals surface area contributed by atoms with Gasteiger partial charge in [0, 0.05) is 5.56 Å². The van der Waals surface area contributed by atoms with Crippen molar-refractivity contribution in [2.75, 3.05) is 5.32 Å². The molecule has 1 rings (SSSR count).